The quantitative estimate of drug-likeness (QED) is 0.778. The largest absolute Gasteiger partial charge is 0.333 e. The van der Waals surface area contributed by atoms with Gasteiger partial charge >= 0.3 is 0 Å². The Kier molecular flexibility index (Phi) is 5.33. The summed E-state index contributed by atoms with van der Waals surface area (Å²) in [6.45, 7) is 5.90. The van der Waals surface area contributed by atoms with Crippen molar-refractivity contribution in [2.45, 2.75) is 57.5 Å². The van der Waals surface area contributed by atoms with Crippen LogP contribution in [0, 0.1) is 13.8 Å². The van der Waals surface area contributed by atoms with Crippen molar-refractivity contribution in [2.24, 2.45) is 0 Å². The maximum atomic E-state index is 13.4. The van der Waals surface area contributed by atoms with E-state index in [2.05, 4.69) is 52.2 Å². The second kappa shape index (κ2) is 7.72. The van der Waals surface area contributed by atoms with Crippen molar-refractivity contribution in [3.05, 3.63) is 51.5 Å². The van der Waals surface area contributed by atoms with Crippen LogP contribution in [0.3, 0.4) is 0 Å². The highest BCUT2D eigenvalue weighted by Crippen LogP contribution is 2.39. The van der Waals surface area contributed by atoms with E-state index in [1.807, 2.05) is 13.8 Å². The van der Waals surface area contributed by atoms with Crippen molar-refractivity contribution in [1.29, 1.82) is 0 Å². The lowest BCUT2D eigenvalue weighted by atomic mass is 9.79. The second-order valence-electron chi connectivity index (χ2n) is 7.99. The lowest BCUT2D eigenvalue weighted by Gasteiger charge is -2.48. The molecular weight excluding hydrogens is 354 g/mol. The fourth-order valence-corrected chi connectivity index (χ4v) is 5.91. The van der Waals surface area contributed by atoms with Crippen molar-refractivity contribution in [3.8, 4) is 0 Å². The Hall–Kier alpha value is -1.72. The molecule has 0 saturated carbocycles. The maximum Gasteiger partial charge on any atom is 0.266 e. The van der Waals surface area contributed by atoms with Crippen molar-refractivity contribution < 1.29 is 4.79 Å². The predicted molar refractivity (Wildman–Crippen MR) is 110 cm³/mol. The van der Waals surface area contributed by atoms with Crippen LogP contribution in [0.25, 0.3) is 0 Å². The molecule has 0 aliphatic carbocycles. The standard InChI is InChI=1S/C22H29N3OS/c1-15-21(27-16(2)23-15)22(26)25-14-12-18(17-9-5-4-6-10-17)20-19(25)11-7-8-13-24(20)3/h4-6,9-10,18-20H,7-8,11-14H2,1-3H3/t18-,19-,20-/m1/s1. The van der Waals surface area contributed by atoms with Gasteiger partial charge in [0.05, 0.1) is 10.7 Å². The summed E-state index contributed by atoms with van der Waals surface area (Å²) in [5.74, 6) is 0.683. The Morgan fingerprint density at radius 2 is 1.89 bits per heavy atom. The summed E-state index contributed by atoms with van der Waals surface area (Å²) in [6.07, 6.45) is 4.53. The highest BCUT2D eigenvalue weighted by Gasteiger charge is 2.43. The number of hydrogen-bond donors (Lipinski definition) is 0. The zero-order valence-electron chi connectivity index (χ0n) is 16.5. The van der Waals surface area contributed by atoms with Crippen LogP contribution in [0.4, 0.5) is 0 Å². The Labute approximate surface area is 166 Å². The third-order valence-electron chi connectivity index (χ3n) is 6.24. The van der Waals surface area contributed by atoms with Crippen LogP contribution in [0.15, 0.2) is 30.3 Å². The molecule has 2 fully saturated rings. The summed E-state index contributed by atoms with van der Waals surface area (Å²) in [6, 6.07) is 11.6. The third kappa shape index (κ3) is 3.55. The molecule has 0 N–H and O–H groups in total. The molecule has 144 valence electrons. The Morgan fingerprint density at radius 3 is 2.59 bits per heavy atom. The molecule has 2 saturated heterocycles. The molecule has 27 heavy (non-hydrogen) atoms. The topological polar surface area (TPSA) is 36.4 Å². The summed E-state index contributed by atoms with van der Waals surface area (Å²) in [4.78, 5) is 23.4. The lowest BCUT2D eigenvalue weighted by Crippen LogP contribution is -2.58. The van der Waals surface area contributed by atoms with E-state index in [0.717, 1.165) is 41.5 Å². The summed E-state index contributed by atoms with van der Waals surface area (Å²) in [7, 11) is 2.25. The number of likely N-dealkylation sites (N-methyl/N-ethyl adjacent to an activating group) is 1. The number of rotatable bonds is 2. The molecule has 1 aromatic carbocycles. The zero-order chi connectivity index (χ0) is 19.0. The minimum Gasteiger partial charge on any atom is -0.333 e. The molecule has 2 aliphatic heterocycles. The van der Waals surface area contributed by atoms with Gasteiger partial charge in [-0.3, -0.25) is 4.79 Å². The van der Waals surface area contributed by atoms with Crippen LogP contribution in [0.1, 0.15) is 57.5 Å². The van der Waals surface area contributed by atoms with E-state index >= 15 is 0 Å². The molecule has 0 unspecified atom stereocenters. The summed E-state index contributed by atoms with van der Waals surface area (Å²) >= 11 is 1.54. The van der Waals surface area contributed by atoms with Gasteiger partial charge in [0.25, 0.3) is 5.91 Å². The maximum absolute atomic E-state index is 13.4. The normalized spacial score (nSPS) is 26.5. The van der Waals surface area contributed by atoms with Gasteiger partial charge in [-0.15, -0.1) is 11.3 Å². The van der Waals surface area contributed by atoms with E-state index in [0.29, 0.717) is 12.0 Å². The van der Waals surface area contributed by atoms with E-state index < -0.39 is 0 Å². The number of aryl methyl sites for hydroxylation is 2. The van der Waals surface area contributed by atoms with Crippen molar-refractivity contribution in [1.82, 2.24) is 14.8 Å². The first-order chi connectivity index (χ1) is 13.1. The van der Waals surface area contributed by atoms with Gasteiger partial charge in [0.15, 0.2) is 0 Å². The van der Waals surface area contributed by atoms with Crippen LogP contribution in [-0.2, 0) is 0 Å². The van der Waals surface area contributed by atoms with Crippen LogP contribution in [0.5, 0.6) is 0 Å². The van der Waals surface area contributed by atoms with Gasteiger partial charge in [0.1, 0.15) is 4.88 Å². The number of carbonyl (C=O) groups excluding carboxylic acids is 1. The van der Waals surface area contributed by atoms with Gasteiger partial charge < -0.3 is 9.80 Å². The number of amides is 1. The molecule has 4 rings (SSSR count). The fourth-order valence-electron chi connectivity index (χ4n) is 5.03. The molecule has 3 atom stereocenters. The molecule has 0 bridgehead atoms. The summed E-state index contributed by atoms with van der Waals surface area (Å²) in [5.41, 5.74) is 2.30. The van der Waals surface area contributed by atoms with Gasteiger partial charge in [-0.2, -0.15) is 0 Å². The predicted octanol–water partition coefficient (Wildman–Crippen LogP) is 4.24. The molecule has 4 nitrogen and oxygen atoms in total. The van der Waals surface area contributed by atoms with Crippen molar-refractivity contribution in [2.75, 3.05) is 20.1 Å². The smallest absolute Gasteiger partial charge is 0.266 e. The molecule has 0 spiro atoms. The average Bonchev–Trinajstić information content (AvgIpc) is 2.89. The third-order valence-corrected chi connectivity index (χ3v) is 7.30. The Bertz CT molecular complexity index is 803. The molecular formula is C22H29N3OS. The minimum absolute atomic E-state index is 0.190. The minimum atomic E-state index is 0.190. The van der Waals surface area contributed by atoms with E-state index in [1.165, 1.54) is 18.4 Å². The first-order valence-corrected chi connectivity index (χ1v) is 10.9. The van der Waals surface area contributed by atoms with Crippen LogP contribution < -0.4 is 0 Å². The number of carbonyl (C=O) groups is 1. The molecule has 2 aliphatic rings. The molecule has 1 amide bonds. The number of piperidine rings is 1. The summed E-state index contributed by atoms with van der Waals surface area (Å²) in [5, 5.41) is 0.976. The first-order valence-electron chi connectivity index (χ1n) is 10.1. The number of thiazole rings is 1. The van der Waals surface area contributed by atoms with Gasteiger partial charge in [-0.05, 0) is 52.3 Å². The second-order valence-corrected chi connectivity index (χ2v) is 9.19. The number of hydrogen-bond acceptors (Lipinski definition) is 4. The number of benzene rings is 1. The zero-order valence-corrected chi connectivity index (χ0v) is 17.3. The van der Waals surface area contributed by atoms with Crippen molar-refractivity contribution >= 4 is 17.2 Å². The molecule has 3 heterocycles. The van der Waals surface area contributed by atoms with Crippen LogP contribution in [-0.4, -0.2) is 52.9 Å². The van der Waals surface area contributed by atoms with E-state index in [1.54, 1.807) is 11.3 Å². The molecule has 0 radical (unpaired) electrons. The van der Waals surface area contributed by atoms with E-state index in [9.17, 15) is 4.79 Å². The van der Waals surface area contributed by atoms with Gasteiger partial charge in [0, 0.05) is 24.5 Å². The van der Waals surface area contributed by atoms with E-state index in [-0.39, 0.29) is 11.9 Å². The monoisotopic (exact) mass is 383 g/mol. The molecule has 2 aromatic rings. The van der Waals surface area contributed by atoms with Gasteiger partial charge in [-0.1, -0.05) is 36.8 Å². The van der Waals surface area contributed by atoms with Crippen molar-refractivity contribution in [3.63, 3.8) is 0 Å². The number of nitrogens with zero attached hydrogens (tertiary/aromatic N) is 3. The number of likely N-dealkylation sites (tertiary alicyclic amines) is 2. The first kappa shape index (κ1) is 18.6. The Balaban J connectivity index is 1.68. The fraction of sp³-hybridized carbons (Fsp3) is 0.545. The van der Waals surface area contributed by atoms with Crippen LogP contribution in [0.2, 0.25) is 0 Å². The average molecular weight is 384 g/mol. The summed E-state index contributed by atoms with van der Waals surface area (Å²) < 4.78 is 0. The lowest BCUT2D eigenvalue weighted by molar-refractivity contribution is 0.0321. The highest BCUT2D eigenvalue weighted by atomic mass is 32.1. The van der Waals surface area contributed by atoms with Gasteiger partial charge in [-0.25, -0.2) is 4.98 Å². The number of fused-ring (bicyclic) bond motifs is 1. The van der Waals surface area contributed by atoms with Gasteiger partial charge in [0.2, 0.25) is 0 Å². The van der Waals surface area contributed by atoms with Crippen LogP contribution >= 0.6 is 11.3 Å². The SMILES string of the molecule is Cc1nc(C)c(C(=O)N2CC[C@H](c3ccccc3)[C@@H]3[C@H]2CCCCN3C)s1. The highest BCUT2D eigenvalue weighted by molar-refractivity contribution is 7.13. The molecule has 5 heteroatoms. The number of aromatic nitrogens is 1. The Morgan fingerprint density at radius 1 is 1.11 bits per heavy atom. The molecule has 1 aromatic heterocycles. The van der Waals surface area contributed by atoms with E-state index in [4.69, 9.17) is 0 Å².